The van der Waals surface area contributed by atoms with Crippen LogP contribution >= 0.6 is 0 Å². The van der Waals surface area contributed by atoms with Crippen molar-refractivity contribution in [3.63, 3.8) is 0 Å². The van der Waals surface area contributed by atoms with E-state index < -0.39 is 0 Å². The van der Waals surface area contributed by atoms with Crippen molar-refractivity contribution in [3.8, 4) is 17.4 Å². The Morgan fingerprint density at radius 3 is 2.80 bits per heavy atom. The summed E-state index contributed by atoms with van der Waals surface area (Å²) < 4.78 is 5.75. The van der Waals surface area contributed by atoms with Crippen LogP contribution in [-0.4, -0.2) is 36.0 Å². The molecule has 5 rings (SSSR count). The third-order valence-corrected chi connectivity index (χ3v) is 5.58. The van der Waals surface area contributed by atoms with E-state index in [2.05, 4.69) is 23.2 Å². The molecule has 128 valence electrons. The molecule has 4 heterocycles. The monoisotopic (exact) mass is 335 g/mol. The minimum atomic E-state index is -0.159. The Labute approximate surface area is 147 Å². The van der Waals surface area contributed by atoms with E-state index in [0.717, 1.165) is 31.5 Å². The molecule has 1 aromatic heterocycles. The van der Waals surface area contributed by atoms with Gasteiger partial charge in [0.05, 0.1) is 11.6 Å². The fourth-order valence-corrected chi connectivity index (χ4v) is 4.12. The summed E-state index contributed by atoms with van der Waals surface area (Å²) in [5, 5.41) is 12.2. The van der Waals surface area contributed by atoms with Crippen molar-refractivity contribution in [1.82, 2.24) is 10.2 Å². The van der Waals surface area contributed by atoms with Crippen LogP contribution in [0.2, 0.25) is 0 Å². The lowest BCUT2D eigenvalue weighted by Gasteiger charge is -2.49. The van der Waals surface area contributed by atoms with Gasteiger partial charge in [-0.05, 0) is 63.0 Å². The number of piperidine rings is 3. The van der Waals surface area contributed by atoms with E-state index in [1.165, 1.54) is 0 Å². The van der Waals surface area contributed by atoms with Crippen LogP contribution in [0.5, 0.6) is 0 Å². The Balaban J connectivity index is 1.50. The van der Waals surface area contributed by atoms with Crippen molar-refractivity contribution in [2.24, 2.45) is 5.92 Å². The highest BCUT2D eigenvalue weighted by molar-refractivity contribution is 5.92. The molecule has 1 aromatic carbocycles. The number of amides is 1. The van der Waals surface area contributed by atoms with Gasteiger partial charge in [-0.3, -0.25) is 9.69 Å². The molecule has 2 atom stereocenters. The van der Waals surface area contributed by atoms with Crippen molar-refractivity contribution < 1.29 is 9.21 Å². The van der Waals surface area contributed by atoms with Crippen molar-refractivity contribution in [2.75, 3.05) is 13.1 Å². The van der Waals surface area contributed by atoms with Crippen LogP contribution in [0.15, 0.2) is 40.8 Å². The van der Waals surface area contributed by atoms with Crippen molar-refractivity contribution in [2.45, 2.75) is 31.8 Å². The van der Waals surface area contributed by atoms with Crippen molar-refractivity contribution >= 4 is 5.91 Å². The summed E-state index contributed by atoms with van der Waals surface area (Å²) in [6.07, 6.45) is 2.30. The molecule has 3 fully saturated rings. The minimum Gasteiger partial charge on any atom is -0.451 e. The number of furan rings is 1. The summed E-state index contributed by atoms with van der Waals surface area (Å²) >= 11 is 0. The lowest BCUT2D eigenvalue weighted by atomic mass is 9.79. The molecular weight excluding hydrogens is 314 g/mol. The molecule has 5 heteroatoms. The molecule has 3 aliphatic rings. The zero-order chi connectivity index (χ0) is 17.4. The van der Waals surface area contributed by atoms with E-state index in [9.17, 15) is 4.79 Å². The van der Waals surface area contributed by atoms with Gasteiger partial charge in [-0.25, -0.2) is 0 Å². The Hall–Kier alpha value is -2.58. The lowest BCUT2D eigenvalue weighted by molar-refractivity contribution is 0.0211. The number of rotatable bonds is 3. The van der Waals surface area contributed by atoms with E-state index >= 15 is 0 Å². The molecule has 0 aliphatic carbocycles. The van der Waals surface area contributed by atoms with Gasteiger partial charge in [-0.1, -0.05) is 12.1 Å². The molecule has 0 radical (unpaired) electrons. The van der Waals surface area contributed by atoms with Crippen molar-refractivity contribution in [3.05, 3.63) is 47.7 Å². The van der Waals surface area contributed by atoms with E-state index in [1.54, 1.807) is 24.3 Å². The van der Waals surface area contributed by atoms with E-state index in [1.807, 2.05) is 12.1 Å². The number of nitrogens with one attached hydrogen (secondary N) is 1. The molecule has 0 spiro atoms. The van der Waals surface area contributed by atoms with Gasteiger partial charge in [0, 0.05) is 17.6 Å². The second-order valence-electron chi connectivity index (χ2n) is 6.97. The average Bonchev–Trinajstić information content (AvgIpc) is 3.15. The van der Waals surface area contributed by atoms with Gasteiger partial charge in [0.15, 0.2) is 5.76 Å². The second-order valence-corrected chi connectivity index (χ2v) is 6.97. The molecule has 0 saturated carbocycles. The van der Waals surface area contributed by atoms with Gasteiger partial charge in [0.25, 0.3) is 5.91 Å². The highest BCUT2D eigenvalue weighted by Crippen LogP contribution is 2.32. The second kappa shape index (κ2) is 6.38. The van der Waals surface area contributed by atoms with Crippen LogP contribution in [0, 0.1) is 17.2 Å². The van der Waals surface area contributed by atoms with Gasteiger partial charge in [0.1, 0.15) is 5.76 Å². The van der Waals surface area contributed by atoms with Crippen LogP contribution in [-0.2, 0) is 0 Å². The number of nitriles is 1. The number of hydrogen-bond donors (Lipinski definition) is 1. The predicted octanol–water partition coefficient (Wildman–Crippen LogP) is 3.03. The SMILES string of the molecule is C[C@H]1[C@H](NC(=O)c2ccc(-c3cccc(C#N)c3)o2)C2CCN1CC2. The molecule has 25 heavy (non-hydrogen) atoms. The smallest absolute Gasteiger partial charge is 0.287 e. The van der Waals surface area contributed by atoms with Crippen molar-refractivity contribution in [1.29, 1.82) is 5.26 Å². The summed E-state index contributed by atoms with van der Waals surface area (Å²) in [6.45, 7) is 4.47. The summed E-state index contributed by atoms with van der Waals surface area (Å²) in [4.78, 5) is 15.1. The Bertz CT molecular complexity index is 825. The third kappa shape index (κ3) is 2.94. The zero-order valence-electron chi connectivity index (χ0n) is 14.2. The van der Waals surface area contributed by atoms with Crippen LogP contribution in [0.1, 0.15) is 35.9 Å². The number of benzene rings is 1. The molecule has 0 unspecified atom stereocenters. The largest absolute Gasteiger partial charge is 0.451 e. The molecule has 2 bridgehead atoms. The van der Waals surface area contributed by atoms with Gasteiger partial charge in [-0.2, -0.15) is 5.26 Å². The lowest BCUT2D eigenvalue weighted by Crippen LogP contribution is -2.62. The highest BCUT2D eigenvalue weighted by atomic mass is 16.3. The van der Waals surface area contributed by atoms with E-state index in [-0.39, 0.29) is 11.9 Å². The van der Waals surface area contributed by atoms with Gasteiger partial charge >= 0.3 is 0 Å². The van der Waals surface area contributed by atoms with Gasteiger partial charge < -0.3 is 9.73 Å². The Morgan fingerprint density at radius 2 is 2.08 bits per heavy atom. The number of nitrogens with zero attached hydrogens (tertiary/aromatic N) is 2. The maximum atomic E-state index is 12.6. The first kappa shape index (κ1) is 15.9. The average molecular weight is 335 g/mol. The Kier molecular flexibility index (Phi) is 4.06. The maximum Gasteiger partial charge on any atom is 0.287 e. The first-order valence-corrected chi connectivity index (χ1v) is 8.81. The van der Waals surface area contributed by atoms with E-state index in [4.69, 9.17) is 9.68 Å². The number of carbonyl (C=O) groups is 1. The topological polar surface area (TPSA) is 69.3 Å². The molecule has 1 N–H and O–H groups in total. The molecule has 1 amide bonds. The molecule has 3 aliphatic heterocycles. The third-order valence-electron chi connectivity index (χ3n) is 5.58. The fourth-order valence-electron chi connectivity index (χ4n) is 4.12. The maximum absolute atomic E-state index is 12.6. The van der Waals surface area contributed by atoms with Crippen LogP contribution in [0.4, 0.5) is 0 Å². The quantitative estimate of drug-likeness (QED) is 0.936. The fraction of sp³-hybridized carbons (Fsp3) is 0.400. The molecule has 3 saturated heterocycles. The first-order chi connectivity index (χ1) is 12.2. The van der Waals surface area contributed by atoms with Crippen LogP contribution in [0.25, 0.3) is 11.3 Å². The van der Waals surface area contributed by atoms with Gasteiger partial charge in [-0.15, -0.1) is 0 Å². The number of hydrogen-bond acceptors (Lipinski definition) is 4. The van der Waals surface area contributed by atoms with E-state index in [0.29, 0.717) is 29.0 Å². The molecular formula is C20H21N3O2. The Morgan fingerprint density at radius 1 is 1.28 bits per heavy atom. The van der Waals surface area contributed by atoms with Gasteiger partial charge in [0.2, 0.25) is 0 Å². The summed E-state index contributed by atoms with van der Waals surface area (Å²) in [6, 6.07) is 13.3. The summed E-state index contributed by atoms with van der Waals surface area (Å²) in [7, 11) is 0. The molecule has 2 aromatic rings. The first-order valence-electron chi connectivity index (χ1n) is 8.81. The highest BCUT2D eigenvalue weighted by Gasteiger charge is 2.40. The summed E-state index contributed by atoms with van der Waals surface area (Å²) in [5.41, 5.74) is 1.37. The predicted molar refractivity (Wildman–Crippen MR) is 93.9 cm³/mol. The number of fused-ring (bicyclic) bond motifs is 3. The zero-order valence-corrected chi connectivity index (χ0v) is 14.2. The normalized spacial score (nSPS) is 27.7. The minimum absolute atomic E-state index is 0.159. The standard InChI is InChI=1S/C20H21N3O2/c1-13-19(15-7-9-23(13)10-8-15)22-20(24)18-6-5-17(25-18)16-4-2-3-14(11-16)12-21/h2-6,11,13,15,19H,7-10H2,1H3,(H,22,24)/t13-,19-/m0/s1. The van der Waals surface area contributed by atoms with Crippen LogP contribution < -0.4 is 5.32 Å². The number of carbonyl (C=O) groups excluding carboxylic acids is 1. The van der Waals surface area contributed by atoms with Crippen LogP contribution in [0.3, 0.4) is 0 Å². The molecule has 5 nitrogen and oxygen atoms in total. The summed E-state index contributed by atoms with van der Waals surface area (Å²) in [5.74, 6) is 1.32.